The van der Waals surface area contributed by atoms with E-state index in [4.69, 9.17) is 12.2 Å². The third-order valence-corrected chi connectivity index (χ3v) is 5.16. The lowest BCUT2D eigenvalue weighted by molar-refractivity contribution is -0.116. The number of pyridine rings is 1. The molecule has 0 fully saturated rings. The Hall–Kier alpha value is -2.06. The molecule has 0 spiro atoms. The molecule has 3 heterocycles. The average Bonchev–Trinajstić information content (AvgIpc) is 3.04. The van der Waals surface area contributed by atoms with Gasteiger partial charge in [-0.05, 0) is 44.6 Å². The minimum Gasteiger partial charge on any atom is -0.363 e. The van der Waals surface area contributed by atoms with Gasteiger partial charge in [0.05, 0.1) is 17.1 Å². The fourth-order valence-electron chi connectivity index (χ4n) is 2.29. The van der Waals surface area contributed by atoms with Crippen LogP contribution in [0.5, 0.6) is 0 Å². The normalized spacial score (nSPS) is 16.8. The summed E-state index contributed by atoms with van der Waals surface area (Å²) < 4.78 is 0. The summed E-state index contributed by atoms with van der Waals surface area (Å²) in [5.74, 6) is 0.739. The number of hydrogen-bond acceptors (Lipinski definition) is 6. The number of Topliss-reactive ketones (excluding diaryl/α,β-unsaturated/α-hetero) is 1. The lowest BCUT2D eigenvalue weighted by atomic mass is 10.2. The highest BCUT2D eigenvalue weighted by molar-refractivity contribution is 8.09. The third-order valence-electron chi connectivity index (χ3n) is 3.48. The number of hydrogen-bond donors (Lipinski definition) is 2. The molecule has 1 aliphatic heterocycles. The van der Waals surface area contributed by atoms with Crippen LogP contribution in [0.1, 0.15) is 26.0 Å². The zero-order chi connectivity index (χ0) is 17.1. The number of thiocarbonyl (C=S) groups is 1. The molecule has 1 aliphatic rings. The quantitative estimate of drug-likeness (QED) is 0.807. The van der Waals surface area contributed by atoms with E-state index in [1.54, 1.807) is 24.9 Å². The van der Waals surface area contributed by atoms with Crippen molar-refractivity contribution in [2.45, 2.75) is 25.5 Å². The fraction of sp³-hybridized carbons (Fsp3) is 0.312. The maximum atomic E-state index is 11.5. The molecule has 124 valence electrons. The number of carbonyl (C=O) groups is 1. The minimum absolute atomic E-state index is 0.00549. The van der Waals surface area contributed by atoms with Crippen molar-refractivity contribution in [2.75, 3.05) is 11.9 Å². The van der Waals surface area contributed by atoms with E-state index in [0.29, 0.717) is 22.1 Å². The van der Waals surface area contributed by atoms with Crippen molar-refractivity contribution in [3.63, 3.8) is 0 Å². The predicted octanol–water partition coefficient (Wildman–Crippen LogP) is 2.77. The zero-order valence-electron chi connectivity index (χ0n) is 13.4. The van der Waals surface area contributed by atoms with Gasteiger partial charge in [-0.25, -0.2) is 15.0 Å². The molecular formula is C16H17N5OS2. The Morgan fingerprint density at radius 1 is 1.42 bits per heavy atom. The van der Waals surface area contributed by atoms with Crippen LogP contribution in [0.15, 0.2) is 24.4 Å². The molecule has 0 saturated carbocycles. The van der Waals surface area contributed by atoms with Gasteiger partial charge in [0.2, 0.25) is 0 Å². The number of rotatable bonds is 4. The van der Waals surface area contributed by atoms with Crippen LogP contribution in [0.2, 0.25) is 0 Å². The van der Waals surface area contributed by atoms with Gasteiger partial charge in [-0.15, -0.1) is 11.8 Å². The number of aromatic nitrogens is 3. The highest BCUT2D eigenvalue weighted by Gasteiger charge is 2.23. The first-order valence-corrected chi connectivity index (χ1v) is 8.92. The molecule has 3 rings (SSSR count). The number of thioether (sulfide) groups is 1. The first-order chi connectivity index (χ1) is 11.6. The smallest absolute Gasteiger partial charge is 0.180 e. The Morgan fingerprint density at radius 3 is 2.96 bits per heavy atom. The van der Waals surface area contributed by atoms with Crippen molar-refractivity contribution in [3.05, 3.63) is 30.1 Å². The van der Waals surface area contributed by atoms with Crippen LogP contribution < -0.4 is 10.6 Å². The minimum atomic E-state index is -0.00549. The molecule has 1 atom stereocenters. The van der Waals surface area contributed by atoms with E-state index in [9.17, 15) is 4.79 Å². The molecule has 2 aromatic rings. The molecule has 6 nitrogen and oxygen atoms in total. The van der Waals surface area contributed by atoms with E-state index >= 15 is 0 Å². The molecular weight excluding hydrogens is 342 g/mol. The SMILES string of the molecule is CCNC(=S)Nc1cnc2ccc(C3=CCC(C(C)=O)S3)nc2n1. The molecule has 2 N–H and O–H groups in total. The van der Waals surface area contributed by atoms with Crippen LogP contribution in [-0.2, 0) is 4.79 Å². The number of anilines is 1. The summed E-state index contributed by atoms with van der Waals surface area (Å²) in [6.45, 7) is 4.33. The number of ketones is 1. The molecule has 0 amide bonds. The molecule has 0 saturated heterocycles. The molecule has 2 aromatic heterocycles. The van der Waals surface area contributed by atoms with E-state index in [0.717, 1.165) is 23.6 Å². The number of fused-ring (bicyclic) bond motifs is 1. The van der Waals surface area contributed by atoms with E-state index in [-0.39, 0.29) is 11.0 Å². The Balaban J connectivity index is 1.84. The van der Waals surface area contributed by atoms with Crippen LogP contribution in [0.25, 0.3) is 16.1 Å². The van der Waals surface area contributed by atoms with Gasteiger partial charge in [0.25, 0.3) is 0 Å². The molecule has 0 aliphatic carbocycles. The van der Waals surface area contributed by atoms with Gasteiger partial charge in [-0.1, -0.05) is 6.08 Å². The lowest BCUT2D eigenvalue weighted by Gasteiger charge is -2.09. The average molecular weight is 359 g/mol. The van der Waals surface area contributed by atoms with E-state index in [1.165, 1.54) is 0 Å². The summed E-state index contributed by atoms with van der Waals surface area (Å²) >= 11 is 6.71. The van der Waals surface area contributed by atoms with Crippen LogP contribution in [0.3, 0.4) is 0 Å². The van der Waals surface area contributed by atoms with Crippen molar-refractivity contribution >= 4 is 56.8 Å². The van der Waals surface area contributed by atoms with Crippen molar-refractivity contribution in [2.24, 2.45) is 0 Å². The Labute approximate surface area is 149 Å². The van der Waals surface area contributed by atoms with Gasteiger partial charge >= 0.3 is 0 Å². The monoisotopic (exact) mass is 359 g/mol. The first kappa shape index (κ1) is 16.8. The Kier molecular flexibility index (Phi) is 5.06. The summed E-state index contributed by atoms with van der Waals surface area (Å²) in [5.41, 5.74) is 2.08. The van der Waals surface area contributed by atoms with Gasteiger partial charge < -0.3 is 10.6 Å². The van der Waals surface area contributed by atoms with Gasteiger partial charge in [0, 0.05) is 11.4 Å². The number of nitrogens with zero attached hydrogens (tertiary/aromatic N) is 3. The summed E-state index contributed by atoms with van der Waals surface area (Å²) in [7, 11) is 0. The van der Waals surface area contributed by atoms with Gasteiger partial charge in [0.15, 0.2) is 16.6 Å². The fourth-order valence-corrected chi connectivity index (χ4v) is 3.63. The topological polar surface area (TPSA) is 79.8 Å². The van der Waals surface area contributed by atoms with Crippen LogP contribution in [0.4, 0.5) is 5.82 Å². The van der Waals surface area contributed by atoms with Crippen LogP contribution >= 0.6 is 24.0 Å². The second-order valence-electron chi connectivity index (χ2n) is 5.30. The summed E-state index contributed by atoms with van der Waals surface area (Å²) in [6.07, 6.45) is 4.43. The molecule has 0 aromatic carbocycles. The van der Waals surface area contributed by atoms with Crippen LogP contribution in [-0.4, -0.2) is 37.6 Å². The summed E-state index contributed by atoms with van der Waals surface area (Å²) in [4.78, 5) is 25.9. The Bertz CT molecular complexity index is 836. The maximum Gasteiger partial charge on any atom is 0.180 e. The second kappa shape index (κ2) is 7.23. The van der Waals surface area contributed by atoms with E-state index in [1.807, 2.05) is 19.1 Å². The molecule has 1 unspecified atom stereocenters. The standard InChI is InChI=1S/C16H17N5OS2/c1-3-17-16(23)21-14-8-18-11-5-4-10(19-15(11)20-14)13-7-6-12(24-13)9(2)22/h4-5,7-8,12H,3,6H2,1-2H3,(H2,17,19,20,21,23). The second-order valence-corrected chi connectivity index (χ2v) is 6.95. The van der Waals surface area contributed by atoms with Gasteiger partial charge in [0.1, 0.15) is 11.3 Å². The van der Waals surface area contributed by atoms with Gasteiger partial charge in [-0.3, -0.25) is 4.79 Å². The number of allylic oxidation sites excluding steroid dienone is 1. The summed E-state index contributed by atoms with van der Waals surface area (Å²) in [6, 6.07) is 3.80. The first-order valence-electron chi connectivity index (χ1n) is 7.63. The molecule has 0 bridgehead atoms. The predicted molar refractivity (Wildman–Crippen MR) is 102 cm³/mol. The molecule has 24 heavy (non-hydrogen) atoms. The maximum absolute atomic E-state index is 11.5. The van der Waals surface area contributed by atoms with Crippen molar-refractivity contribution in [1.82, 2.24) is 20.3 Å². The summed E-state index contributed by atoms with van der Waals surface area (Å²) in [5, 5.41) is 6.48. The zero-order valence-corrected chi connectivity index (χ0v) is 15.0. The van der Waals surface area contributed by atoms with E-state index in [2.05, 4.69) is 31.7 Å². The van der Waals surface area contributed by atoms with Crippen molar-refractivity contribution in [3.8, 4) is 0 Å². The van der Waals surface area contributed by atoms with Gasteiger partial charge in [-0.2, -0.15) is 0 Å². The molecule has 8 heteroatoms. The third kappa shape index (κ3) is 3.70. The van der Waals surface area contributed by atoms with Crippen LogP contribution in [0, 0.1) is 0 Å². The largest absolute Gasteiger partial charge is 0.363 e. The molecule has 0 radical (unpaired) electrons. The highest BCUT2D eigenvalue weighted by atomic mass is 32.2. The van der Waals surface area contributed by atoms with Crippen molar-refractivity contribution < 1.29 is 4.79 Å². The number of nitrogens with one attached hydrogen (secondary N) is 2. The number of carbonyl (C=O) groups excluding carboxylic acids is 1. The lowest BCUT2D eigenvalue weighted by Crippen LogP contribution is -2.28. The highest BCUT2D eigenvalue weighted by Crippen LogP contribution is 2.39. The Morgan fingerprint density at radius 2 is 2.25 bits per heavy atom. The van der Waals surface area contributed by atoms with Crippen molar-refractivity contribution in [1.29, 1.82) is 0 Å². The van der Waals surface area contributed by atoms with E-state index < -0.39 is 0 Å².